The van der Waals surface area contributed by atoms with Crippen LogP contribution in [-0.2, 0) is 0 Å². The van der Waals surface area contributed by atoms with Gasteiger partial charge in [0, 0.05) is 17.1 Å². The van der Waals surface area contributed by atoms with Gasteiger partial charge in [-0.05, 0) is 24.3 Å². The number of hydrogen-bond donors (Lipinski definition) is 0. The molecule has 0 fully saturated rings. The molecule has 88 valence electrons. The molecule has 0 spiro atoms. The third-order valence-electron chi connectivity index (χ3n) is 2.89. The monoisotopic (exact) mass is 239 g/mol. The Balaban J connectivity index is 2.46. The molecule has 0 amide bonds. The molecule has 0 saturated carbocycles. The van der Waals surface area contributed by atoms with Crippen LogP contribution in [-0.4, -0.2) is 4.57 Å². The number of halogens is 1. The van der Waals surface area contributed by atoms with E-state index in [-0.39, 0.29) is 5.56 Å². The molecule has 0 atom stereocenters. The summed E-state index contributed by atoms with van der Waals surface area (Å²) in [5.74, 6) is -0.484. The number of para-hydroxylation sites is 2. The molecule has 0 N–H and O–H groups in total. The number of benzene rings is 2. The SMILES string of the molecule is O=c1cc(F)c2ccccc2n1-c1ccccc1. The maximum atomic E-state index is 13.7. The van der Waals surface area contributed by atoms with E-state index in [1.54, 1.807) is 24.3 Å². The van der Waals surface area contributed by atoms with Crippen molar-refractivity contribution in [3.05, 3.63) is 76.8 Å². The number of pyridine rings is 1. The van der Waals surface area contributed by atoms with Gasteiger partial charge in [0.05, 0.1) is 5.52 Å². The van der Waals surface area contributed by atoms with E-state index in [2.05, 4.69) is 0 Å². The van der Waals surface area contributed by atoms with Gasteiger partial charge < -0.3 is 0 Å². The lowest BCUT2D eigenvalue weighted by Gasteiger charge is -2.10. The van der Waals surface area contributed by atoms with Crippen LogP contribution in [0.1, 0.15) is 0 Å². The smallest absolute Gasteiger partial charge is 0.258 e. The van der Waals surface area contributed by atoms with Crippen molar-refractivity contribution < 1.29 is 4.39 Å². The molecule has 2 nitrogen and oxygen atoms in total. The Bertz CT molecular complexity index is 762. The van der Waals surface area contributed by atoms with Crippen LogP contribution in [0.25, 0.3) is 16.6 Å². The molecule has 2 aromatic carbocycles. The molecule has 3 heteroatoms. The van der Waals surface area contributed by atoms with Crippen LogP contribution in [0.5, 0.6) is 0 Å². The van der Waals surface area contributed by atoms with Crippen LogP contribution in [0.15, 0.2) is 65.5 Å². The lowest BCUT2D eigenvalue weighted by atomic mass is 10.2. The summed E-state index contributed by atoms with van der Waals surface area (Å²) in [6.45, 7) is 0. The van der Waals surface area contributed by atoms with Crippen molar-refractivity contribution in [2.75, 3.05) is 0 Å². The van der Waals surface area contributed by atoms with E-state index in [0.29, 0.717) is 10.9 Å². The van der Waals surface area contributed by atoms with E-state index in [1.165, 1.54) is 4.57 Å². The van der Waals surface area contributed by atoms with Crippen molar-refractivity contribution in [3.63, 3.8) is 0 Å². The van der Waals surface area contributed by atoms with Gasteiger partial charge in [-0.1, -0.05) is 30.3 Å². The van der Waals surface area contributed by atoms with E-state index in [1.807, 2.05) is 30.3 Å². The minimum atomic E-state index is -0.484. The van der Waals surface area contributed by atoms with Crippen molar-refractivity contribution in [2.45, 2.75) is 0 Å². The van der Waals surface area contributed by atoms with E-state index in [9.17, 15) is 9.18 Å². The first kappa shape index (κ1) is 10.7. The largest absolute Gasteiger partial charge is 0.277 e. The average Bonchev–Trinajstić information content (AvgIpc) is 2.40. The highest BCUT2D eigenvalue weighted by atomic mass is 19.1. The number of hydrogen-bond acceptors (Lipinski definition) is 1. The fourth-order valence-electron chi connectivity index (χ4n) is 2.08. The Morgan fingerprint density at radius 1 is 0.889 bits per heavy atom. The molecule has 0 aliphatic rings. The zero-order valence-electron chi connectivity index (χ0n) is 9.51. The first-order valence-electron chi connectivity index (χ1n) is 5.63. The summed E-state index contributed by atoms with van der Waals surface area (Å²) >= 11 is 0. The minimum absolute atomic E-state index is 0.364. The van der Waals surface area contributed by atoms with Crippen LogP contribution in [0.3, 0.4) is 0 Å². The summed E-state index contributed by atoms with van der Waals surface area (Å²) in [4.78, 5) is 12.0. The second kappa shape index (κ2) is 4.11. The fourth-order valence-corrected chi connectivity index (χ4v) is 2.08. The van der Waals surface area contributed by atoms with Crippen molar-refractivity contribution in [1.29, 1.82) is 0 Å². The highest BCUT2D eigenvalue weighted by Crippen LogP contribution is 2.18. The Hall–Kier alpha value is -2.42. The second-order valence-corrected chi connectivity index (χ2v) is 4.02. The van der Waals surface area contributed by atoms with Gasteiger partial charge in [0.15, 0.2) is 0 Å². The van der Waals surface area contributed by atoms with Gasteiger partial charge in [-0.15, -0.1) is 0 Å². The van der Waals surface area contributed by atoms with Crippen LogP contribution >= 0.6 is 0 Å². The third kappa shape index (κ3) is 1.61. The molecule has 18 heavy (non-hydrogen) atoms. The molecule has 1 aromatic heterocycles. The molecule has 1 heterocycles. The Morgan fingerprint density at radius 3 is 2.33 bits per heavy atom. The van der Waals surface area contributed by atoms with Crippen molar-refractivity contribution >= 4 is 10.9 Å². The summed E-state index contributed by atoms with van der Waals surface area (Å²) in [5.41, 5.74) is 0.949. The molecule has 0 unspecified atom stereocenters. The van der Waals surface area contributed by atoms with Crippen LogP contribution < -0.4 is 5.56 Å². The van der Waals surface area contributed by atoms with Gasteiger partial charge in [0.25, 0.3) is 5.56 Å². The quantitative estimate of drug-likeness (QED) is 0.639. The summed E-state index contributed by atoms with van der Waals surface area (Å²) < 4.78 is 15.2. The minimum Gasteiger partial charge on any atom is -0.277 e. The second-order valence-electron chi connectivity index (χ2n) is 4.02. The Morgan fingerprint density at radius 2 is 1.56 bits per heavy atom. The van der Waals surface area contributed by atoms with Crippen LogP contribution in [0.2, 0.25) is 0 Å². The summed E-state index contributed by atoms with van der Waals surface area (Å²) in [6, 6.07) is 17.2. The number of aromatic nitrogens is 1. The van der Waals surface area contributed by atoms with E-state index >= 15 is 0 Å². The molecular formula is C15H10FNO. The fraction of sp³-hybridized carbons (Fsp3) is 0. The predicted octanol–water partition coefficient (Wildman–Crippen LogP) is 3.13. The first-order valence-corrected chi connectivity index (χ1v) is 5.63. The summed E-state index contributed by atoms with van der Waals surface area (Å²) in [7, 11) is 0. The summed E-state index contributed by atoms with van der Waals surface area (Å²) in [5, 5.41) is 0.445. The lowest BCUT2D eigenvalue weighted by molar-refractivity contribution is 0.635. The number of nitrogens with zero attached hydrogens (tertiary/aromatic N) is 1. The van der Waals surface area contributed by atoms with Crippen LogP contribution in [0.4, 0.5) is 4.39 Å². The zero-order chi connectivity index (χ0) is 12.5. The first-order chi connectivity index (χ1) is 8.77. The highest BCUT2D eigenvalue weighted by molar-refractivity contribution is 5.81. The molecule has 0 aliphatic heterocycles. The number of rotatable bonds is 1. The standard InChI is InChI=1S/C15H10FNO/c16-13-10-15(18)17(11-6-2-1-3-7-11)14-9-5-4-8-12(13)14/h1-10H. The van der Waals surface area contributed by atoms with E-state index in [4.69, 9.17) is 0 Å². The van der Waals surface area contributed by atoms with Crippen molar-refractivity contribution in [1.82, 2.24) is 4.57 Å². The van der Waals surface area contributed by atoms with Crippen molar-refractivity contribution in [2.24, 2.45) is 0 Å². The van der Waals surface area contributed by atoms with Gasteiger partial charge in [-0.25, -0.2) is 4.39 Å². The molecule has 0 saturated heterocycles. The number of fused-ring (bicyclic) bond motifs is 1. The van der Waals surface area contributed by atoms with Crippen LogP contribution in [0, 0.1) is 5.82 Å². The van der Waals surface area contributed by atoms with Crippen molar-refractivity contribution in [3.8, 4) is 5.69 Å². The zero-order valence-corrected chi connectivity index (χ0v) is 9.51. The average molecular weight is 239 g/mol. The normalized spacial score (nSPS) is 10.7. The van der Waals surface area contributed by atoms with Gasteiger partial charge in [-0.2, -0.15) is 0 Å². The van der Waals surface area contributed by atoms with Gasteiger partial charge in [0.1, 0.15) is 5.82 Å². The van der Waals surface area contributed by atoms with E-state index < -0.39 is 5.82 Å². The molecule has 3 rings (SSSR count). The Labute approximate surface area is 103 Å². The predicted molar refractivity (Wildman–Crippen MR) is 69.5 cm³/mol. The third-order valence-corrected chi connectivity index (χ3v) is 2.89. The molecular weight excluding hydrogens is 229 g/mol. The molecule has 3 aromatic rings. The molecule has 0 radical (unpaired) electrons. The lowest BCUT2D eigenvalue weighted by Crippen LogP contribution is -2.18. The molecule has 0 aliphatic carbocycles. The maximum absolute atomic E-state index is 13.7. The highest BCUT2D eigenvalue weighted by Gasteiger charge is 2.08. The maximum Gasteiger partial charge on any atom is 0.258 e. The summed E-state index contributed by atoms with van der Waals surface area (Å²) in [6.07, 6.45) is 0. The van der Waals surface area contributed by atoms with E-state index in [0.717, 1.165) is 11.8 Å². The molecule has 0 bridgehead atoms. The topological polar surface area (TPSA) is 22.0 Å². The van der Waals surface area contributed by atoms with Gasteiger partial charge in [0.2, 0.25) is 0 Å². The Kier molecular flexibility index (Phi) is 2.45. The van der Waals surface area contributed by atoms with Gasteiger partial charge in [-0.3, -0.25) is 9.36 Å². The van der Waals surface area contributed by atoms with Gasteiger partial charge >= 0.3 is 0 Å².